The number of hydrogen-bond donors (Lipinski definition) is 2. The fourth-order valence-corrected chi connectivity index (χ4v) is 2.29. The van der Waals surface area contributed by atoms with Crippen molar-refractivity contribution in [2.45, 2.75) is 0 Å². The molecule has 0 radical (unpaired) electrons. The molecule has 7 heteroatoms. The Morgan fingerprint density at radius 2 is 1.85 bits per heavy atom. The van der Waals surface area contributed by atoms with Gasteiger partial charge < -0.3 is 14.5 Å². The molecule has 0 aliphatic heterocycles. The van der Waals surface area contributed by atoms with Gasteiger partial charge in [0.15, 0.2) is 0 Å². The zero-order valence-corrected chi connectivity index (χ0v) is 14.6. The standard InChI is InChI=1S/C20H18FN3O3/c1-26-17-8-6-16(7-9-17)22-13-20(25)24-23-12-18-10-11-19(27-18)14-2-4-15(21)5-3-14/h2-12,22H,13H2,1H3,(H,24,25)/b23-12+. The molecule has 138 valence electrons. The van der Waals surface area contributed by atoms with E-state index < -0.39 is 0 Å². The lowest BCUT2D eigenvalue weighted by Gasteiger charge is -2.06. The van der Waals surface area contributed by atoms with Crippen molar-refractivity contribution in [1.82, 2.24) is 5.43 Å². The first-order chi connectivity index (χ1) is 13.1. The van der Waals surface area contributed by atoms with Crippen molar-refractivity contribution in [1.29, 1.82) is 0 Å². The molecule has 0 bridgehead atoms. The van der Waals surface area contributed by atoms with Crippen LogP contribution in [-0.4, -0.2) is 25.8 Å². The molecule has 0 unspecified atom stereocenters. The third kappa shape index (κ3) is 5.18. The maximum absolute atomic E-state index is 13.0. The van der Waals surface area contributed by atoms with E-state index in [0.29, 0.717) is 11.5 Å². The average molecular weight is 367 g/mol. The van der Waals surface area contributed by atoms with E-state index in [0.717, 1.165) is 17.0 Å². The smallest absolute Gasteiger partial charge is 0.259 e. The van der Waals surface area contributed by atoms with Gasteiger partial charge in [0.2, 0.25) is 0 Å². The average Bonchev–Trinajstić information content (AvgIpc) is 3.16. The van der Waals surface area contributed by atoms with Gasteiger partial charge in [-0.3, -0.25) is 4.79 Å². The lowest BCUT2D eigenvalue weighted by atomic mass is 10.2. The van der Waals surface area contributed by atoms with Gasteiger partial charge in [-0.05, 0) is 60.7 Å². The van der Waals surface area contributed by atoms with Crippen LogP contribution in [0, 0.1) is 5.82 Å². The van der Waals surface area contributed by atoms with Crippen molar-refractivity contribution in [3.63, 3.8) is 0 Å². The molecule has 1 heterocycles. The number of nitrogens with zero attached hydrogens (tertiary/aromatic N) is 1. The number of benzene rings is 2. The normalized spacial score (nSPS) is 10.7. The molecule has 0 saturated heterocycles. The maximum Gasteiger partial charge on any atom is 0.259 e. The third-order valence-electron chi connectivity index (χ3n) is 3.68. The van der Waals surface area contributed by atoms with Crippen LogP contribution in [0.25, 0.3) is 11.3 Å². The van der Waals surface area contributed by atoms with Crippen LogP contribution in [0.3, 0.4) is 0 Å². The molecule has 3 aromatic rings. The van der Waals surface area contributed by atoms with E-state index in [4.69, 9.17) is 9.15 Å². The van der Waals surface area contributed by atoms with Crippen LogP contribution in [0.15, 0.2) is 70.2 Å². The topological polar surface area (TPSA) is 75.9 Å². The second-order valence-corrected chi connectivity index (χ2v) is 5.58. The minimum absolute atomic E-state index is 0.0721. The molecule has 0 aliphatic rings. The van der Waals surface area contributed by atoms with Crippen molar-refractivity contribution in [2.24, 2.45) is 5.10 Å². The second-order valence-electron chi connectivity index (χ2n) is 5.58. The molecule has 0 spiro atoms. The summed E-state index contributed by atoms with van der Waals surface area (Å²) in [6.45, 7) is 0.0721. The molecule has 0 saturated carbocycles. The van der Waals surface area contributed by atoms with Crippen molar-refractivity contribution >= 4 is 17.8 Å². The van der Waals surface area contributed by atoms with Crippen LogP contribution in [0.4, 0.5) is 10.1 Å². The Kier molecular flexibility index (Phi) is 5.84. The lowest BCUT2D eigenvalue weighted by molar-refractivity contribution is -0.119. The Labute approximate surface area is 155 Å². The summed E-state index contributed by atoms with van der Waals surface area (Å²) in [5, 5.41) is 6.84. The molecular formula is C20H18FN3O3. The molecular weight excluding hydrogens is 349 g/mol. The van der Waals surface area contributed by atoms with Crippen molar-refractivity contribution < 1.29 is 18.3 Å². The van der Waals surface area contributed by atoms with E-state index >= 15 is 0 Å². The monoisotopic (exact) mass is 367 g/mol. The predicted molar refractivity (Wildman–Crippen MR) is 101 cm³/mol. The molecule has 2 aromatic carbocycles. The minimum atomic E-state index is -0.307. The van der Waals surface area contributed by atoms with Gasteiger partial charge in [0.1, 0.15) is 23.1 Å². The first-order valence-corrected chi connectivity index (χ1v) is 8.19. The molecule has 6 nitrogen and oxygen atoms in total. The second kappa shape index (κ2) is 8.66. The fraction of sp³-hybridized carbons (Fsp3) is 0.100. The summed E-state index contributed by atoms with van der Waals surface area (Å²) in [7, 11) is 1.59. The number of halogens is 1. The summed E-state index contributed by atoms with van der Waals surface area (Å²) in [6.07, 6.45) is 1.40. The maximum atomic E-state index is 13.0. The van der Waals surface area contributed by atoms with Gasteiger partial charge in [-0.25, -0.2) is 9.82 Å². The summed E-state index contributed by atoms with van der Waals surface area (Å²) in [4.78, 5) is 11.8. The SMILES string of the molecule is COc1ccc(NCC(=O)N/N=C/c2ccc(-c3ccc(F)cc3)o2)cc1. The highest BCUT2D eigenvalue weighted by atomic mass is 19.1. The summed E-state index contributed by atoms with van der Waals surface area (Å²) in [5.74, 6) is 1.19. The number of carbonyl (C=O) groups excluding carboxylic acids is 1. The zero-order valence-electron chi connectivity index (χ0n) is 14.6. The summed E-state index contributed by atoms with van der Waals surface area (Å²) < 4.78 is 23.6. The van der Waals surface area contributed by atoms with E-state index in [9.17, 15) is 9.18 Å². The molecule has 2 N–H and O–H groups in total. The molecule has 3 rings (SSSR count). The molecule has 1 aromatic heterocycles. The number of methoxy groups -OCH3 is 1. The Balaban J connectivity index is 1.48. The predicted octanol–water partition coefficient (Wildman–Crippen LogP) is 3.66. The third-order valence-corrected chi connectivity index (χ3v) is 3.68. The van der Waals surface area contributed by atoms with E-state index in [-0.39, 0.29) is 18.3 Å². The van der Waals surface area contributed by atoms with Gasteiger partial charge in [-0.1, -0.05) is 0 Å². The summed E-state index contributed by atoms with van der Waals surface area (Å²) >= 11 is 0. The van der Waals surface area contributed by atoms with Crippen LogP contribution < -0.4 is 15.5 Å². The number of anilines is 1. The van der Waals surface area contributed by atoms with Crippen molar-refractivity contribution in [2.75, 3.05) is 19.0 Å². The molecule has 0 aliphatic carbocycles. The fourth-order valence-electron chi connectivity index (χ4n) is 2.29. The van der Waals surface area contributed by atoms with E-state index in [1.807, 2.05) is 12.1 Å². The number of furan rings is 1. The molecule has 27 heavy (non-hydrogen) atoms. The Hall–Kier alpha value is -3.61. The van der Waals surface area contributed by atoms with Gasteiger partial charge in [0.05, 0.1) is 19.9 Å². The van der Waals surface area contributed by atoms with Crippen LogP contribution in [0.2, 0.25) is 0 Å². The van der Waals surface area contributed by atoms with Crippen LogP contribution in [0.5, 0.6) is 5.75 Å². The summed E-state index contributed by atoms with van der Waals surface area (Å²) in [6, 6.07) is 16.7. The van der Waals surface area contributed by atoms with Gasteiger partial charge in [0, 0.05) is 11.3 Å². The largest absolute Gasteiger partial charge is 0.497 e. The highest BCUT2D eigenvalue weighted by Crippen LogP contribution is 2.21. The van der Waals surface area contributed by atoms with Gasteiger partial charge in [0.25, 0.3) is 5.91 Å². The number of rotatable bonds is 7. The number of hydrogen-bond acceptors (Lipinski definition) is 5. The van der Waals surface area contributed by atoms with Crippen LogP contribution >= 0.6 is 0 Å². The lowest BCUT2D eigenvalue weighted by Crippen LogP contribution is -2.25. The van der Waals surface area contributed by atoms with Crippen LogP contribution in [0.1, 0.15) is 5.76 Å². The zero-order chi connectivity index (χ0) is 19.1. The molecule has 1 amide bonds. The Bertz CT molecular complexity index is 918. The van der Waals surface area contributed by atoms with Crippen molar-refractivity contribution in [3.8, 4) is 17.1 Å². The highest BCUT2D eigenvalue weighted by molar-refractivity contribution is 5.83. The van der Waals surface area contributed by atoms with Gasteiger partial charge in [-0.15, -0.1) is 0 Å². The number of carbonyl (C=O) groups is 1. The Morgan fingerprint density at radius 1 is 1.11 bits per heavy atom. The van der Waals surface area contributed by atoms with Gasteiger partial charge >= 0.3 is 0 Å². The minimum Gasteiger partial charge on any atom is -0.497 e. The highest BCUT2D eigenvalue weighted by Gasteiger charge is 2.04. The molecule has 0 atom stereocenters. The number of ether oxygens (including phenoxy) is 1. The Morgan fingerprint density at radius 3 is 2.56 bits per heavy atom. The number of hydrazone groups is 1. The molecule has 0 fully saturated rings. The quantitative estimate of drug-likeness (QED) is 0.494. The van der Waals surface area contributed by atoms with E-state index in [2.05, 4.69) is 15.8 Å². The van der Waals surface area contributed by atoms with Crippen LogP contribution in [-0.2, 0) is 4.79 Å². The summed E-state index contributed by atoms with van der Waals surface area (Å²) in [5.41, 5.74) is 3.96. The number of nitrogens with one attached hydrogen (secondary N) is 2. The van der Waals surface area contributed by atoms with Gasteiger partial charge in [-0.2, -0.15) is 5.10 Å². The van der Waals surface area contributed by atoms with E-state index in [1.54, 1.807) is 43.5 Å². The first kappa shape index (κ1) is 18.2. The van der Waals surface area contributed by atoms with E-state index in [1.165, 1.54) is 18.3 Å². The number of amides is 1. The van der Waals surface area contributed by atoms with Crippen molar-refractivity contribution in [3.05, 3.63) is 72.2 Å². The first-order valence-electron chi connectivity index (χ1n) is 8.19.